The number of methoxy groups -OCH3 is 3. The fourth-order valence-corrected chi connectivity index (χ4v) is 19.1. The van der Waals surface area contributed by atoms with Crippen LogP contribution in [0.1, 0.15) is 73.8 Å². The molecule has 4 aromatic carbocycles. The molecular formula is C90H93FN26O13S4. The fraction of sp³-hybridized carbons (Fsp3) is 0.289. The number of nitrogens with zero attached hydrogens (tertiary/aromatic N) is 17. The number of nitrogens with one attached hydrogen (secondary N) is 9. The number of fused-ring (bicyclic) bond motifs is 4. The van der Waals surface area contributed by atoms with Gasteiger partial charge in [-0.1, -0.05) is 30.3 Å². The first-order valence-electron chi connectivity index (χ1n) is 42.9. The number of aryl methyl sites for hydroxylation is 1. The number of thiazole rings is 4. The molecule has 44 heteroatoms. The minimum absolute atomic E-state index is 0.0138. The van der Waals surface area contributed by atoms with Gasteiger partial charge in [0.25, 0.3) is 35.4 Å². The summed E-state index contributed by atoms with van der Waals surface area (Å²) >= 11 is 4.89. The first-order valence-corrected chi connectivity index (χ1v) is 46.4. The minimum atomic E-state index is -0.686. The monoisotopic (exact) mass is 1890 g/mol. The van der Waals surface area contributed by atoms with Crippen LogP contribution in [0, 0.1) is 5.82 Å². The molecule has 6 aliphatic heterocycles. The number of ether oxygens (including phenoxy) is 5. The third kappa shape index (κ3) is 20.3. The average molecular weight is 1890 g/mol. The molecule has 20 rings (SSSR count). The van der Waals surface area contributed by atoms with Crippen LogP contribution in [0.5, 0.6) is 17.2 Å². The number of pyridine rings is 4. The van der Waals surface area contributed by atoms with E-state index in [-0.39, 0.29) is 75.6 Å². The number of hydrogen-bond donors (Lipinski definition) is 9. The maximum Gasteiger partial charge on any atom is 0.335 e. The highest BCUT2D eigenvalue weighted by Crippen LogP contribution is 2.41. The van der Waals surface area contributed by atoms with Gasteiger partial charge in [0, 0.05) is 178 Å². The number of rotatable bonds is 25. The normalized spacial score (nSPS) is 14.7. The highest BCUT2D eigenvalue weighted by atomic mass is 32.1. The highest BCUT2D eigenvalue weighted by Gasteiger charge is 2.37. The van der Waals surface area contributed by atoms with Crippen LogP contribution in [-0.2, 0) is 29.6 Å². The van der Waals surface area contributed by atoms with Crippen LogP contribution in [0.4, 0.5) is 60.2 Å². The largest absolute Gasteiger partial charge is 0.494 e. The number of aromatic amines is 1. The topological polar surface area (TPSA) is 432 Å². The van der Waals surface area contributed by atoms with Crippen LogP contribution >= 0.6 is 45.3 Å². The van der Waals surface area contributed by atoms with Crippen LogP contribution in [0.15, 0.2) is 178 Å². The molecule has 0 saturated carbocycles. The van der Waals surface area contributed by atoms with Crippen molar-refractivity contribution in [3.63, 3.8) is 0 Å². The van der Waals surface area contributed by atoms with Crippen molar-refractivity contribution in [2.24, 2.45) is 7.05 Å². The Hall–Kier alpha value is -14.4. The van der Waals surface area contributed by atoms with Gasteiger partial charge in [-0.25, -0.2) is 43.0 Å². The number of carbonyl (C=O) groups excluding carboxylic acids is 6. The Kier molecular flexibility index (Phi) is 29.0. The van der Waals surface area contributed by atoms with E-state index >= 15 is 0 Å². The molecule has 0 radical (unpaired) electrons. The van der Waals surface area contributed by atoms with Gasteiger partial charge in [-0.15, -0.1) is 45.3 Å². The second kappa shape index (κ2) is 42.5. The van der Waals surface area contributed by atoms with Crippen molar-refractivity contribution in [1.29, 1.82) is 0 Å². The second-order valence-electron chi connectivity index (χ2n) is 30.9. The molecule has 39 nitrogen and oxygen atoms in total. The summed E-state index contributed by atoms with van der Waals surface area (Å²) < 4.78 is 46.0. The van der Waals surface area contributed by atoms with E-state index in [4.69, 9.17) is 23.7 Å². The number of aromatic nitrogens is 12. The molecule has 6 aliphatic rings. The van der Waals surface area contributed by atoms with Gasteiger partial charge in [-0.3, -0.25) is 63.1 Å². The molecule has 134 heavy (non-hydrogen) atoms. The molecule has 9 N–H and O–H groups in total. The van der Waals surface area contributed by atoms with Crippen molar-refractivity contribution >= 4 is 159 Å². The van der Waals surface area contributed by atoms with Crippen molar-refractivity contribution in [2.75, 3.05) is 203 Å². The number of hydrogen-bond acceptors (Lipinski definition) is 33. The summed E-state index contributed by atoms with van der Waals surface area (Å²) in [6, 6.07) is 29.1. The zero-order valence-corrected chi connectivity index (χ0v) is 76.4. The van der Waals surface area contributed by atoms with Crippen LogP contribution < -0.4 is 97.5 Å². The number of amides is 6. The van der Waals surface area contributed by atoms with E-state index in [2.05, 4.69) is 107 Å². The average Bonchev–Trinajstić information content (AvgIpc) is 1.73. The maximum absolute atomic E-state index is 14.6. The van der Waals surface area contributed by atoms with E-state index in [0.29, 0.717) is 98.9 Å². The fourth-order valence-electron chi connectivity index (χ4n) is 15.9. The van der Waals surface area contributed by atoms with Gasteiger partial charge >= 0.3 is 11.4 Å². The minimum Gasteiger partial charge on any atom is -0.494 e. The Labute approximate surface area is 781 Å². The molecule has 6 amide bonds. The van der Waals surface area contributed by atoms with Gasteiger partial charge in [0.2, 0.25) is 0 Å². The molecule has 0 aliphatic carbocycles. The van der Waals surface area contributed by atoms with Gasteiger partial charge in [0.15, 0.2) is 43.6 Å². The number of para-hydroxylation sites is 4. The van der Waals surface area contributed by atoms with Crippen LogP contribution in [0.2, 0.25) is 0 Å². The summed E-state index contributed by atoms with van der Waals surface area (Å²) in [5.74, 6) is -1.85. The number of H-pyrrole nitrogens is 1. The molecule has 16 heterocycles. The number of halogens is 1. The summed E-state index contributed by atoms with van der Waals surface area (Å²) in [4.78, 5) is 152. The maximum atomic E-state index is 14.6. The van der Waals surface area contributed by atoms with E-state index < -0.39 is 17.6 Å². The first kappa shape index (κ1) is 91.5. The van der Waals surface area contributed by atoms with Crippen LogP contribution in [0.25, 0.3) is 32.3 Å². The lowest BCUT2D eigenvalue weighted by Gasteiger charge is -2.30. The molecule has 4 saturated heterocycles. The molecule has 0 unspecified atom stereocenters. The lowest BCUT2D eigenvalue weighted by molar-refractivity contribution is 0.0985. The van der Waals surface area contributed by atoms with E-state index in [9.17, 15) is 42.7 Å². The van der Waals surface area contributed by atoms with Crippen LogP contribution in [0.3, 0.4) is 0 Å². The Bertz CT molecular complexity index is 6750. The van der Waals surface area contributed by atoms with Crippen molar-refractivity contribution < 1.29 is 56.8 Å². The molecule has 4 fully saturated rings. The standard InChI is InChI=1S/C27H32N6O6S.C22H21FN6O3S.C21H21N7O2S.C20H19N7O2S/c1-36-9-11-38-23-13-18-16-33(26(35)19(18)14-24(23)39-12-10-37-2)27-31-21(17-40-27)25(34)30-20-15-29-4-3-22(20)32-7-5-28-6-8-32;1-32-17-3-2-13-11-29(21(31)18(13)19(17)23)22-27-15(12-33-22)20(30)26-14-10-25-5-4-16(14)28-8-6-24-7-9-28;1-26-17-4-2-3-5-18(17)28(21(26)30)20-25-15(13-31-20)19(29)24-14-12-23-7-6-16(14)27-10-8-22-9-11-27;28-18(23-14-11-22-6-5-16(14)26-9-7-21-8-10-26)15-12-30-20(25-15)27-17-4-2-1-3-13(17)24-19(27)29/h3-4,13-15,17,28H,5-12,16H2,1-2H3,(H,30,34);2-5,10,12,24H,6-9,11H2,1H3,(H,26,30);2-7,12-13,22H,8-11H2,1H3,(H,24,29);1-6,11-12,21H,7-10H2,(H,23,28)(H,24,29). The zero-order valence-electron chi connectivity index (χ0n) is 73.1. The Morgan fingerprint density at radius 1 is 0.425 bits per heavy atom. The van der Waals surface area contributed by atoms with Crippen molar-refractivity contribution in [3.8, 4) is 27.5 Å². The van der Waals surface area contributed by atoms with Crippen LogP contribution in [-0.4, -0.2) is 246 Å². The summed E-state index contributed by atoms with van der Waals surface area (Å²) in [6.07, 6.45) is 13.4. The molecule has 10 aromatic heterocycles. The highest BCUT2D eigenvalue weighted by molar-refractivity contribution is 7.14. The molecule has 0 bridgehead atoms. The lowest BCUT2D eigenvalue weighted by atomic mass is 10.1. The number of benzene rings is 4. The van der Waals surface area contributed by atoms with Gasteiger partial charge in [0.05, 0.1) is 131 Å². The summed E-state index contributed by atoms with van der Waals surface area (Å²) in [5, 5.41) is 33.2. The van der Waals surface area contributed by atoms with Crippen molar-refractivity contribution in [2.45, 2.75) is 13.1 Å². The van der Waals surface area contributed by atoms with Gasteiger partial charge < -0.3 is 90.8 Å². The molecule has 0 spiro atoms. The van der Waals surface area contributed by atoms with Gasteiger partial charge in [0.1, 0.15) is 36.0 Å². The first-order chi connectivity index (χ1) is 65.5. The Balaban J connectivity index is 0.000000125. The molecule has 0 atom stereocenters. The molecule has 14 aromatic rings. The zero-order chi connectivity index (χ0) is 92.7. The molecule has 692 valence electrons. The summed E-state index contributed by atoms with van der Waals surface area (Å²) in [7, 11) is 6.27. The van der Waals surface area contributed by atoms with Crippen molar-refractivity contribution in [3.05, 3.63) is 240 Å². The van der Waals surface area contributed by atoms with E-state index in [0.717, 1.165) is 166 Å². The van der Waals surface area contributed by atoms with E-state index in [1.54, 1.807) is 114 Å². The summed E-state index contributed by atoms with van der Waals surface area (Å²) in [6.45, 7) is 15.8. The van der Waals surface area contributed by atoms with Gasteiger partial charge in [-0.05, 0) is 77.9 Å². The predicted octanol–water partition coefficient (Wildman–Crippen LogP) is 8.59. The third-order valence-corrected chi connectivity index (χ3v) is 26.0. The SMILES string of the molecule is COCCOc1cc2c(cc1OCCOC)C(=O)N(c1nc(C(=O)Nc3cnccc3N3CCNCC3)cs1)C2.COc1ccc2c(c1F)C(=O)N(c1nc(C(=O)Nc3cnccc3N3CCNCC3)cs1)C2.Cn1c(=O)n(-c2nc(C(=O)Nc3cnccc3N3CCNCC3)cs2)c2ccccc21.O=C(Nc1cnccc1N1CCNCC1)c1csc(-n2c(=O)[nH]c3ccccc32)n1. The number of imidazole rings is 2. The Morgan fingerprint density at radius 2 is 0.806 bits per heavy atom. The molecular weight excluding hydrogens is 1800 g/mol. The van der Waals surface area contributed by atoms with Gasteiger partial charge in [-0.2, -0.15) is 0 Å². The Morgan fingerprint density at radius 3 is 1.24 bits per heavy atom. The third-order valence-electron chi connectivity index (χ3n) is 22.6. The van der Waals surface area contributed by atoms with E-state index in [1.807, 2.05) is 78.9 Å². The van der Waals surface area contributed by atoms with Crippen molar-refractivity contribution in [1.82, 2.24) is 79.8 Å². The second-order valence-corrected chi connectivity index (χ2v) is 34.2. The number of piperazine rings is 4. The number of anilines is 10. The summed E-state index contributed by atoms with van der Waals surface area (Å²) in [5.41, 5.74) is 11.4. The van der Waals surface area contributed by atoms with E-state index in [1.165, 1.54) is 61.2 Å². The predicted molar refractivity (Wildman–Crippen MR) is 512 cm³/mol. The lowest BCUT2D eigenvalue weighted by Crippen LogP contribution is -2.43. The number of carbonyl (C=O) groups is 6. The quantitative estimate of drug-likeness (QED) is 0.0242. The smallest absolute Gasteiger partial charge is 0.335 e.